The number of hydrogen-bond donors (Lipinski definition) is 1. The molecule has 0 aromatic heterocycles. The average Bonchev–Trinajstić information content (AvgIpc) is 3.04. The Hall–Kier alpha value is -3.08. The number of benzene rings is 3. The molecule has 4 rings (SSSR count). The van der Waals surface area contributed by atoms with Gasteiger partial charge in [0.15, 0.2) is 0 Å². The highest BCUT2D eigenvalue weighted by Gasteiger charge is 2.21. The maximum Gasteiger partial charge on any atom is 0.275 e. The van der Waals surface area contributed by atoms with Gasteiger partial charge in [0, 0.05) is 15.6 Å². The summed E-state index contributed by atoms with van der Waals surface area (Å²) in [6, 6.07) is 21.7. The van der Waals surface area contributed by atoms with Crippen molar-refractivity contribution in [3.05, 3.63) is 99.7 Å². The molecule has 6 heteroatoms. The van der Waals surface area contributed by atoms with E-state index in [1.165, 1.54) is 0 Å². The normalized spacial score (nSPS) is 14.7. The Morgan fingerprint density at radius 2 is 1.64 bits per heavy atom. The van der Waals surface area contributed by atoms with Crippen molar-refractivity contribution < 1.29 is 9.53 Å². The smallest absolute Gasteiger partial charge is 0.275 e. The van der Waals surface area contributed by atoms with Crippen molar-refractivity contribution >= 4 is 41.0 Å². The van der Waals surface area contributed by atoms with E-state index < -0.39 is 0 Å². The van der Waals surface area contributed by atoms with Crippen LogP contribution in [-0.2, 0) is 4.79 Å². The predicted octanol–water partition coefficient (Wildman–Crippen LogP) is 5.70. The second kappa shape index (κ2) is 7.89. The highest BCUT2D eigenvalue weighted by molar-refractivity contribution is 6.31. The number of nitrogens with one attached hydrogen (secondary N) is 1. The van der Waals surface area contributed by atoms with Crippen LogP contribution in [0.2, 0.25) is 10.0 Å². The number of amidine groups is 1. The highest BCUT2D eigenvalue weighted by Crippen LogP contribution is 2.25. The van der Waals surface area contributed by atoms with Crippen LogP contribution in [-0.4, -0.2) is 11.7 Å². The molecule has 1 aliphatic heterocycles. The van der Waals surface area contributed by atoms with Crippen LogP contribution in [0.4, 0.5) is 0 Å². The molecule has 4 nitrogen and oxygen atoms in total. The number of aliphatic imine (C=N–C) groups is 1. The quantitative estimate of drug-likeness (QED) is 0.562. The molecule has 0 aliphatic carbocycles. The molecule has 3 aromatic rings. The van der Waals surface area contributed by atoms with Crippen molar-refractivity contribution in [1.82, 2.24) is 5.32 Å². The van der Waals surface area contributed by atoms with Crippen LogP contribution >= 0.6 is 23.2 Å². The van der Waals surface area contributed by atoms with E-state index in [0.29, 0.717) is 33.1 Å². The van der Waals surface area contributed by atoms with Gasteiger partial charge in [-0.2, -0.15) is 0 Å². The Balaban J connectivity index is 1.58. The lowest BCUT2D eigenvalue weighted by Crippen LogP contribution is -2.24. The number of amides is 1. The van der Waals surface area contributed by atoms with Crippen molar-refractivity contribution in [3.63, 3.8) is 0 Å². The highest BCUT2D eigenvalue weighted by atomic mass is 35.5. The molecule has 0 saturated carbocycles. The topological polar surface area (TPSA) is 50.7 Å². The minimum atomic E-state index is -0.265. The van der Waals surface area contributed by atoms with E-state index in [1.54, 1.807) is 42.5 Å². The van der Waals surface area contributed by atoms with E-state index in [4.69, 9.17) is 27.9 Å². The largest absolute Gasteiger partial charge is 0.457 e. The summed E-state index contributed by atoms with van der Waals surface area (Å²) in [6.07, 6.45) is 1.71. The maximum absolute atomic E-state index is 12.3. The van der Waals surface area contributed by atoms with Crippen LogP contribution < -0.4 is 10.1 Å². The lowest BCUT2D eigenvalue weighted by Gasteiger charge is -2.06. The summed E-state index contributed by atoms with van der Waals surface area (Å²) in [5.41, 5.74) is 1.87. The van der Waals surface area contributed by atoms with Gasteiger partial charge < -0.3 is 10.1 Å². The summed E-state index contributed by atoms with van der Waals surface area (Å²) in [5.74, 6) is 1.54. The zero-order chi connectivity index (χ0) is 19.5. The lowest BCUT2D eigenvalue weighted by molar-refractivity contribution is -0.115. The minimum absolute atomic E-state index is 0.265. The summed E-state index contributed by atoms with van der Waals surface area (Å²) in [6.45, 7) is 0. The summed E-state index contributed by atoms with van der Waals surface area (Å²) in [5, 5.41) is 4.00. The Morgan fingerprint density at radius 3 is 2.43 bits per heavy atom. The van der Waals surface area contributed by atoms with E-state index in [-0.39, 0.29) is 5.91 Å². The summed E-state index contributed by atoms with van der Waals surface area (Å²) >= 11 is 11.9. The average molecular weight is 409 g/mol. The van der Waals surface area contributed by atoms with Crippen LogP contribution in [0.3, 0.4) is 0 Å². The molecule has 1 heterocycles. The van der Waals surface area contributed by atoms with Gasteiger partial charge in [-0.1, -0.05) is 47.5 Å². The van der Waals surface area contributed by atoms with E-state index in [0.717, 1.165) is 11.1 Å². The van der Waals surface area contributed by atoms with Crippen LogP contribution in [0.15, 0.2) is 83.5 Å². The van der Waals surface area contributed by atoms with Crippen molar-refractivity contribution in [2.75, 3.05) is 0 Å². The molecule has 0 fully saturated rings. The predicted molar refractivity (Wildman–Crippen MR) is 112 cm³/mol. The zero-order valence-corrected chi connectivity index (χ0v) is 16.0. The second-order valence-corrected chi connectivity index (χ2v) is 6.96. The van der Waals surface area contributed by atoms with Gasteiger partial charge in [0.1, 0.15) is 23.0 Å². The molecule has 0 atom stereocenters. The Morgan fingerprint density at radius 1 is 0.857 bits per heavy atom. The van der Waals surface area contributed by atoms with Gasteiger partial charge in [0.2, 0.25) is 0 Å². The van der Waals surface area contributed by atoms with Gasteiger partial charge in [-0.3, -0.25) is 4.79 Å². The van der Waals surface area contributed by atoms with Crippen LogP contribution in [0.1, 0.15) is 11.1 Å². The van der Waals surface area contributed by atoms with Crippen molar-refractivity contribution in [2.45, 2.75) is 0 Å². The van der Waals surface area contributed by atoms with Crippen LogP contribution in [0, 0.1) is 0 Å². The van der Waals surface area contributed by atoms with E-state index in [2.05, 4.69) is 10.3 Å². The summed E-state index contributed by atoms with van der Waals surface area (Å²) in [7, 11) is 0. The number of nitrogens with zero attached hydrogens (tertiary/aromatic N) is 1. The standard InChI is InChI=1S/C22H14Cl2N2O2/c23-16-7-9-18(10-8-16)28-19-6-1-3-14(11-19)12-20-22(27)26-21(25-20)15-4-2-5-17(24)13-15/h1-13H,(H,25,26,27). The SMILES string of the molecule is O=C1NC(c2cccc(Cl)c2)=NC1=Cc1cccc(Oc2ccc(Cl)cc2)c1. The van der Waals surface area contributed by atoms with Gasteiger partial charge in [-0.05, 0) is 60.2 Å². The summed E-state index contributed by atoms with van der Waals surface area (Å²) < 4.78 is 5.83. The van der Waals surface area contributed by atoms with E-state index >= 15 is 0 Å². The molecule has 1 N–H and O–H groups in total. The van der Waals surface area contributed by atoms with Crippen LogP contribution in [0.5, 0.6) is 11.5 Å². The van der Waals surface area contributed by atoms with E-state index in [1.807, 2.05) is 36.4 Å². The molecular formula is C22H14Cl2N2O2. The van der Waals surface area contributed by atoms with E-state index in [9.17, 15) is 4.79 Å². The van der Waals surface area contributed by atoms with Crippen LogP contribution in [0.25, 0.3) is 6.08 Å². The Bertz CT molecular complexity index is 1110. The van der Waals surface area contributed by atoms with Gasteiger partial charge in [0.05, 0.1) is 0 Å². The number of carbonyl (C=O) groups excluding carboxylic acids is 1. The minimum Gasteiger partial charge on any atom is -0.457 e. The summed E-state index contributed by atoms with van der Waals surface area (Å²) in [4.78, 5) is 16.7. The molecule has 0 spiro atoms. The fourth-order valence-corrected chi connectivity index (χ4v) is 3.02. The molecule has 0 radical (unpaired) electrons. The number of hydrogen-bond acceptors (Lipinski definition) is 3. The number of halogens is 2. The maximum atomic E-state index is 12.3. The van der Waals surface area contributed by atoms with Crippen molar-refractivity contribution in [3.8, 4) is 11.5 Å². The molecule has 0 unspecified atom stereocenters. The second-order valence-electron chi connectivity index (χ2n) is 6.08. The lowest BCUT2D eigenvalue weighted by atomic mass is 10.2. The van der Waals surface area contributed by atoms with Gasteiger partial charge in [-0.25, -0.2) is 4.99 Å². The number of ether oxygens (including phenoxy) is 1. The fraction of sp³-hybridized carbons (Fsp3) is 0. The van der Waals surface area contributed by atoms with Gasteiger partial charge in [-0.15, -0.1) is 0 Å². The first kappa shape index (κ1) is 18.3. The van der Waals surface area contributed by atoms with Crippen molar-refractivity contribution in [1.29, 1.82) is 0 Å². The first-order valence-electron chi connectivity index (χ1n) is 8.48. The molecule has 28 heavy (non-hydrogen) atoms. The first-order chi connectivity index (χ1) is 13.6. The Labute approximate surface area is 172 Å². The molecule has 138 valence electrons. The third-order valence-corrected chi connectivity index (χ3v) is 4.49. The molecule has 3 aromatic carbocycles. The first-order valence-corrected chi connectivity index (χ1v) is 9.23. The van der Waals surface area contributed by atoms with Gasteiger partial charge in [0.25, 0.3) is 5.91 Å². The molecule has 0 bridgehead atoms. The number of carbonyl (C=O) groups is 1. The molecule has 1 aliphatic rings. The molecule has 0 saturated heterocycles. The fourth-order valence-electron chi connectivity index (χ4n) is 2.71. The molecular weight excluding hydrogens is 395 g/mol. The molecule has 1 amide bonds. The third kappa shape index (κ3) is 4.25. The third-order valence-electron chi connectivity index (χ3n) is 4.01. The van der Waals surface area contributed by atoms with Crippen molar-refractivity contribution in [2.24, 2.45) is 4.99 Å². The number of rotatable bonds is 4. The zero-order valence-electron chi connectivity index (χ0n) is 14.5. The van der Waals surface area contributed by atoms with Gasteiger partial charge >= 0.3 is 0 Å². The Kier molecular flexibility index (Phi) is 5.15. The monoisotopic (exact) mass is 408 g/mol.